The molecular formula is C16H18Br2N2O. The van der Waals surface area contributed by atoms with Crippen molar-refractivity contribution in [3.05, 3.63) is 56.7 Å². The predicted octanol–water partition coefficient (Wildman–Crippen LogP) is 4.70. The predicted molar refractivity (Wildman–Crippen MR) is 92.7 cm³/mol. The van der Waals surface area contributed by atoms with Crippen LogP contribution in [-0.4, -0.2) is 18.1 Å². The van der Waals surface area contributed by atoms with Gasteiger partial charge in [-0.15, -0.1) is 0 Å². The van der Waals surface area contributed by atoms with Gasteiger partial charge in [0.25, 0.3) is 0 Å². The van der Waals surface area contributed by atoms with Crippen LogP contribution in [-0.2, 0) is 0 Å². The van der Waals surface area contributed by atoms with Crippen LogP contribution < -0.4 is 10.1 Å². The van der Waals surface area contributed by atoms with E-state index in [0.717, 1.165) is 25.8 Å². The molecule has 1 heterocycles. The highest BCUT2D eigenvalue weighted by atomic mass is 79.9. The van der Waals surface area contributed by atoms with Gasteiger partial charge in [0.2, 0.25) is 0 Å². The number of pyridine rings is 1. The molecule has 1 N–H and O–H groups in total. The number of aromatic nitrogens is 1. The number of nitrogens with zero attached hydrogens (tertiary/aromatic N) is 1. The normalized spacial score (nSPS) is 12.5. The number of hydrogen-bond donors (Lipinski definition) is 1. The van der Waals surface area contributed by atoms with Gasteiger partial charge in [0.1, 0.15) is 5.75 Å². The molecule has 0 saturated heterocycles. The molecule has 3 nitrogen and oxygen atoms in total. The van der Waals surface area contributed by atoms with E-state index >= 15 is 0 Å². The lowest BCUT2D eigenvalue weighted by molar-refractivity contribution is 0.241. The van der Waals surface area contributed by atoms with E-state index in [0.29, 0.717) is 0 Å². The topological polar surface area (TPSA) is 34.2 Å². The summed E-state index contributed by atoms with van der Waals surface area (Å²) >= 11 is 7.10. The Morgan fingerprint density at radius 3 is 2.52 bits per heavy atom. The highest BCUT2D eigenvalue weighted by molar-refractivity contribution is 9.11. The van der Waals surface area contributed by atoms with Gasteiger partial charge in [-0.25, -0.2) is 0 Å². The van der Waals surface area contributed by atoms with Gasteiger partial charge in [-0.2, -0.15) is 0 Å². The summed E-state index contributed by atoms with van der Waals surface area (Å²) in [6, 6.07) is 8.25. The first-order valence-electron chi connectivity index (χ1n) is 6.75. The standard InChI is InChI=1S/C16H18Br2N2O/c1-10(2)21-13-6-11(8-20-9-13)16(19-3)14-5-4-12(17)7-15(14)18/h4-10,16,19H,1-3H3. The molecule has 1 atom stereocenters. The summed E-state index contributed by atoms with van der Waals surface area (Å²) in [6.07, 6.45) is 3.74. The molecule has 0 aliphatic heterocycles. The van der Waals surface area contributed by atoms with Crippen LogP contribution in [0.15, 0.2) is 45.6 Å². The summed E-state index contributed by atoms with van der Waals surface area (Å²) in [5.41, 5.74) is 2.22. The van der Waals surface area contributed by atoms with Crippen LogP contribution in [0.3, 0.4) is 0 Å². The molecule has 0 spiro atoms. The monoisotopic (exact) mass is 412 g/mol. The van der Waals surface area contributed by atoms with Gasteiger partial charge in [-0.05, 0) is 50.2 Å². The highest BCUT2D eigenvalue weighted by Gasteiger charge is 2.16. The molecule has 0 aliphatic carbocycles. The zero-order chi connectivity index (χ0) is 15.4. The molecule has 21 heavy (non-hydrogen) atoms. The molecule has 0 aliphatic rings. The van der Waals surface area contributed by atoms with Gasteiger partial charge < -0.3 is 10.1 Å². The van der Waals surface area contributed by atoms with Crippen molar-refractivity contribution in [1.82, 2.24) is 10.3 Å². The van der Waals surface area contributed by atoms with Crippen LogP contribution in [0, 0.1) is 0 Å². The van der Waals surface area contributed by atoms with Crippen LogP contribution in [0.1, 0.15) is 31.0 Å². The Balaban J connectivity index is 2.37. The Kier molecular flexibility index (Phi) is 5.79. The highest BCUT2D eigenvalue weighted by Crippen LogP contribution is 2.31. The van der Waals surface area contributed by atoms with Gasteiger partial charge in [0.15, 0.2) is 0 Å². The number of nitrogens with one attached hydrogen (secondary N) is 1. The fourth-order valence-electron chi connectivity index (χ4n) is 2.17. The number of ether oxygens (including phenoxy) is 1. The maximum absolute atomic E-state index is 5.73. The molecule has 2 rings (SSSR count). The quantitative estimate of drug-likeness (QED) is 0.771. The molecule has 0 fully saturated rings. The zero-order valence-corrected chi connectivity index (χ0v) is 15.4. The van der Waals surface area contributed by atoms with Crippen LogP contribution in [0.2, 0.25) is 0 Å². The minimum absolute atomic E-state index is 0.0516. The van der Waals surface area contributed by atoms with Crippen molar-refractivity contribution in [2.75, 3.05) is 7.05 Å². The molecule has 2 aromatic rings. The third-order valence-electron chi connectivity index (χ3n) is 3.00. The second-order valence-corrected chi connectivity index (χ2v) is 6.78. The van der Waals surface area contributed by atoms with Gasteiger partial charge in [0.05, 0.1) is 18.3 Å². The molecule has 1 aromatic carbocycles. The maximum atomic E-state index is 5.73. The lowest BCUT2D eigenvalue weighted by Crippen LogP contribution is -2.18. The summed E-state index contributed by atoms with van der Waals surface area (Å²) < 4.78 is 7.82. The number of benzene rings is 1. The Morgan fingerprint density at radius 2 is 1.90 bits per heavy atom. The van der Waals surface area contributed by atoms with Crippen molar-refractivity contribution in [3.8, 4) is 5.75 Å². The molecular weight excluding hydrogens is 396 g/mol. The van der Waals surface area contributed by atoms with Crippen LogP contribution in [0.4, 0.5) is 0 Å². The van der Waals surface area contributed by atoms with E-state index in [9.17, 15) is 0 Å². The first-order chi connectivity index (χ1) is 10.0. The van der Waals surface area contributed by atoms with Crippen molar-refractivity contribution in [1.29, 1.82) is 0 Å². The Morgan fingerprint density at radius 1 is 1.14 bits per heavy atom. The van der Waals surface area contributed by atoms with Gasteiger partial charge in [0, 0.05) is 15.1 Å². The summed E-state index contributed by atoms with van der Waals surface area (Å²) in [7, 11) is 1.94. The van der Waals surface area contributed by atoms with Crippen molar-refractivity contribution >= 4 is 31.9 Å². The third-order valence-corrected chi connectivity index (χ3v) is 4.18. The number of hydrogen-bond acceptors (Lipinski definition) is 3. The van der Waals surface area contributed by atoms with E-state index in [-0.39, 0.29) is 12.1 Å². The maximum Gasteiger partial charge on any atom is 0.138 e. The fraction of sp³-hybridized carbons (Fsp3) is 0.312. The summed E-state index contributed by atoms with van der Waals surface area (Å²) in [4.78, 5) is 4.29. The van der Waals surface area contributed by atoms with Crippen LogP contribution in [0.25, 0.3) is 0 Å². The largest absolute Gasteiger partial charge is 0.489 e. The van der Waals surface area contributed by atoms with E-state index in [1.54, 1.807) is 6.20 Å². The summed E-state index contributed by atoms with van der Waals surface area (Å²) in [5, 5.41) is 3.33. The molecule has 0 saturated carbocycles. The number of halogens is 2. The number of rotatable bonds is 5. The molecule has 0 radical (unpaired) electrons. The van der Waals surface area contributed by atoms with E-state index in [1.165, 1.54) is 0 Å². The van der Waals surface area contributed by atoms with E-state index < -0.39 is 0 Å². The van der Waals surface area contributed by atoms with Gasteiger partial charge >= 0.3 is 0 Å². The smallest absolute Gasteiger partial charge is 0.138 e. The van der Waals surface area contributed by atoms with Crippen molar-refractivity contribution < 1.29 is 4.74 Å². The molecule has 5 heteroatoms. The van der Waals surface area contributed by atoms with E-state index in [4.69, 9.17) is 4.74 Å². The minimum atomic E-state index is 0.0516. The zero-order valence-electron chi connectivity index (χ0n) is 12.2. The van der Waals surface area contributed by atoms with Crippen molar-refractivity contribution in [3.63, 3.8) is 0 Å². The first-order valence-corrected chi connectivity index (χ1v) is 8.33. The first kappa shape index (κ1) is 16.5. The Bertz CT molecular complexity index is 617. The second-order valence-electron chi connectivity index (χ2n) is 5.01. The summed E-state index contributed by atoms with van der Waals surface area (Å²) in [5.74, 6) is 0.788. The van der Waals surface area contributed by atoms with Crippen molar-refractivity contribution in [2.45, 2.75) is 26.0 Å². The van der Waals surface area contributed by atoms with Gasteiger partial charge in [-0.1, -0.05) is 37.9 Å². The summed E-state index contributed by atoms with van der Waals surface area (Å²) in [6.45, 7) is 4.01. The SMILES string of the molecule is CNC(c1cncc(OC(C)C)c1)c1ccc(Br)cc1Br. The van der Waals surface area contributed by atoms with Crippen LogP contribution >= 0.6 is 31.9 Å². The Hall–Kier alpha value is -0.910. The Labute approximate surface area is 142 Å². The molecule has 112 valence electrons. The molecule has 0 amide bonds. The van der Waals surface area contributed by atoms with Crippen molar-refractivity contribution in [2.24, 2.45) is 0 Å². The van der Waals surface area contributed by atoms with Crippen LogP contribution in [0.5, 0.6) is 5.75 Å². The fourth-order valence-corrected chi connectivity index (χ4v) is 3.44. The average Bonchev–Trinajstić information content (AvgIpc) is 2.41. The lowest BCUT2D eigenvalue weighted by atomic mass is 10.0. The molecule has 1 aromatic heterocycles. The second kappa shape index (κ2) is 7.38. The third kappa shape index (κ3) is 4.28. The molecule has 1 unspecified atom stereocenters. The lowest BCUT2D eigenvalue weighted by Gasteiger charge is -2.20. The molecule has 0 bridgehead atoms. The van der Waals surface area contributed by atoms with E-state index in [1.807, 2.05) is 45.3 Å². The average molecular weight is 414 g/mol. The van der Waals surface area contributed by atoms with Gasteiger partial charge in [-0.3, -0.25) is 4.98 Å². The minimum Gasteiger partial charge on any atom is -0.489 e. The van der Waals surface area contributed by atoms with E-state index in [2.05, 4.69) is 48.2 Å².